The summed E-state index contributed by atoms with van der Waals surface area (Å²) < 4.78 is 6.73. The van der Waals surface area contributed by atoms with Crippen molar-refractivity contribution in [1.29, 1.82) is 0 Å². The Morgan fingerprint density at radius 3 is 2.59 bits per heavy atom. The van der Waals surface area contributed by atoms with Crippen LogP contribution in [0.2, 0.25) is 0 Å². The van der Waals surface area contributed by atoms with Crippen molar-refractivity contribution >= 4 is 29.3 Å². The molecule has 1 aliphatic heterocycles. The first kappa shape index (κ1) is 21.3. The van der Waals surface area contributed by atoms with E-state index in [0.717, 1.165) is 24.0 Å². The zero-order valence-electron chi connectivity index (χ0n) is 17.7. The van der Waals surface area contributed by atoms with Crippen LogP contribution in [0.4, 0.5) is 11.5 Å². The van der Waals surface area contributed by atoms with Crippen molar-refractivity contribution in [2.24, 2.45) is 0 Å². The second-order valence-corrected chi connectivity index (χ2v) is 7.54. The molecule has 0 bridgehead atoms. The topological polar surface area (TPSA) is 102 Å². The lowest BCUT2D eigenvalue weighted by molar-refractivity contribution is -0.123. The van der Waals surface area contributed by atoms with Gasteiger partial charge in [-0.25, -0.2) is 9.48 Å². The third-order valence-corrected chi connectivity index (χ3v) is 5.23. The van der Waals surface area contributed by atoms with Crippen LogP contribution in [0, 0.1) is 0 Å². The van der Waals surface area contributed by atoms with Crippen LogP contribution in [0.3, 0.4) is 0 Å². The fraction of sp³-hybridized carbons (Fsp3) is 0.250. The van der Waals surface area contributed by atoms with Crippen molar-refractivity contribution in [3.8, 4) is 11.1 Å². The van der Waals surface area contributed by atoms with Gasteiger partial charge in [0.2, 0.25) is 5.91 Å². The van der Waals surface area contributed by atoms with Crippen LogP contribution in [0.15, 0.2) is 60.8 Å². The van der Waals surface area contributed by atoms with Crippen molar-refractivity contribution < 1.29 is 19.1 Å². The molecule has 8 heteroatoms. The van der Waals surface area contributed by atoms with Gasteiger partial charge in [0.05, 0.1) is 24.8 Å². The number of rotatable bonds is 8. The highest BCUT2D eigenvalue weighted by Gasteiger charge is 2.35. The van der Waals surface area contributed by atoms with E-state index in [9.17, 15) is 14.4 Å². The van der Waals surface area contributed by atoms with E-state index >= 15 is 0 Å². The molecule has 0 spiro atoms. The number of carbonyl (C=O) groups is 3. The molecule has 1 atom stereocenters. The number of anilines is 2. The van der Waals surface area contributed by atoms with Crippen molar-refractivity contribution in [2.75, 3.05) is 17.2 Å². The first-order chi connectivity index (χ1) is 15.6. The van der Waals surface area contributed by atoms with E-state index in [1.165, 1.54) is 0 Å². The molecule has 3 aromatic rings. The highest BCUT2D eigenvalue weighted by Crippen LogP contribution is 2.35. The highest BCUT2D eigenvalue weighted by molar-refractivity contribution is 6.04. The van der Waals surface area contributed by atoms with Crippen LogP contribution in [0.1, 0.15) is 42.6 Å². The summed E-state index contributed by atoms with van der Waals surface area (Å²) in [6.45, 7) is 2.41. The molecular formula is C24H24N4O4. The minimum Gasteiger partial charge on any atom is -0.462 e. The molecule has 0 saturated carbocycles. The number of amides is 2. The number of ether oxygens (including phenoxy) is 1. The normalized spacial score (nSPS) is 14.5. The third-order valence-electron chi connectivity index (χ3n) is 5.23. The Hall–Kier alpha value is -3.94. The molecular weight excluding hydrogens is 408 g/mol. The Balaban J connectivity index is 1.39. The number of hydrogen-bond acceptors (Lipinski definition) is 5. The van der Waals surface area contributed by atoms with E-state index in [4.69, 9.17) is 4.74 Å². The van der Waals surface area contributed by atoms with Gasteiger partial charge in [-0.05, 0) is 36.2 Å². The van der Waals surface area contributed by atoms with Gasteiger partial charge in [0.15, 0.2) is 0 Å². The molecule has 4 rings (SSSR count). The number of carbonyl (C=O) groups excluding carboxylic acids is 3. The average molecular weight is 432 g/mol. The number of aromatic nitrogens is 2. The van der Waals surface area contributed by atoms with Crippen LogP contribution in [0.5, 0.6) is 0 Å². The van der Waals surface area contributed by atoms with Gasteiger partial charge in [-0.15, -0.1) is 0 Å². The van der Waals surface area contributed by atoms with Gasteiger partial charge in [0.25, 0.3) is 5.91 Å². The summed E-state index contributed by atoms with van der Waals surface area (Å²) >= 11 is 0. The summed E-state index contributed by atoms with van der Waals surface area (Å²) in [4.78, 5) is 37.0. The Morgan fingerprint density at radius 2 is 1.88 bits per heavy atom. The van der Waals surface area contributed by atoms with E-state index < -0.39 is 6.04 Å². The van der Waals surface area contributed by atoms with Crippen LogP contribution >= 0.6 is 0 Å². The van der Waals surface area contributed by atoms with Gasteiger partial charge in [0, 0.05) is 11.3 Å². The lowest BCUT2D eigenvalue weighted by Crippen LogP contribution is -2.23. The van der Waals surface area contributed by atoms with Gasteiger partial charge in [-0.1, -0.05) is 43.7 Å². The largest absolute Gasteiger partial charge is 0.462 e. The molecule has 2 heterocycles. The number of nitrogens with zero attached hydrogens (tertiary/aromatic N) is 2. The number of benzene rings is 2. The second-order valence-electron chi connectivity index (χ2n) is 7.54. The molecule has 0 aliphatic carbocycles. The predicted molar refractivity (Wildman–Crippen MR) is 120 cm³/mol. The van der Waals surface area contributed by atoms with Crippen LogP contribution in [-0.2, 0) is 14.3 Å². The molecule has 2 amide bonds. The molecule has 0 fully saturated rings. The molecule has 8 nitrogen and oxygen atoms in total. The molecule has 0 saturated heterocycles. The Kier molecular flexibility index (Phi) is 6.30. The fourth-order valence-corrected chi connectivity index (χ4v) is 3.51. The zero-order valence-corrected chi connectivity index (χ0v) is 17.7. The molecule has 1 unspecified atom stereocenters. The average Bonchev–Trinajstić information content (AvgIpc) is 3.34. The zero-order chi connectivity index (χ0) is 22.5. The summed E-state index contributed by atoms with van der Waals surface area (Å²) in [5.41, 5.74) is 2.70. The van der Waals surface area contributed by atoms with Crippen molar-refractivity contribution in [3.05, 3.63) is 66.4 Å². The van der Waals surface area contributed by atoms with Crippen LogP contribution in [0.25, 0.3) is 11.1 Å². The summed E-state index contributed by atoms with van der Waals surface area (Å²) in [5.74, 6) is -0.400. The number of fused-ring (bicyclic) bond motifs is 1. The smallest absolute Gasteiger partial charge is 0.338 e. The van der Waals surface area contributed by atoms with Crippen molar-refractivity contribution in [3.63, 3.8) is 0 Å². The highest BCUT2D eigenvalue weighted by atomic mass is 16.5. The quantitative estimate of drug-likeness (QED) is 0.413. The van der Waals surface area contributed by atoms with E-state index in [-0.39, 0.29) is 24.2 Å². The Bertz CT molecular complexity index is 1120. The first-order valence-corrected chi connectivity index (χ1v) is 10.6. The Labute approximate surface area is 185 Å². The van der Waals surface area contributed by atoms with Gasteiger partial charge in [-0.2, -0.15) is 5.10 Å². The van der Waals surface area contributed by atoms with E-state index in [1.54, 1.807) is 35.1 Å². The lowest BCUT2D eigenvalue weighted by Gasteiger charge is -2.10. The third kappa shape index (κ3) is 4.54. The molecule has 1 aromatic heterocycles. The molecule has 164 valence electrons. The van der Waals surface area contributed by atoms with E-state index in [0.29, 0.717) is 23.7 Å². The monoisotopic (exact) mass is 432 g/mol. The fourth-order valence-electron chi connectivity index (χ4n) is 3.51. The van der Waals surface area contributed by atoms with Gasteiger partial charge < -0.3 is 15.4 Å². The minimum absolute atomic E-state index is 0.0600. The lowest BCUT2D eigenvalue weighted by atomic mass is 10.1. The van der Waals surface area contributed by atoms with Crippen molar-refractivity contribution in [2.45, 2.75) is 32.2 Å². The number of nitrogens with one attached hydrogen (secondary N) is 2. The minimum atomic E-state index is -0.727. The molecule has 1 aliphatic rings. The van der Waals surface area contributed by atoms with E-state index in [1.807, 2.05) is 37.3 Å². The number of hydrogen-bond donors (Lipinski definition) is 2. The summed E-state index contributed by atoms with van der Waals surface area (Å²) in [7, 11) is 0. The van der Waals surface area contributed by atoms with E-state index in [2.05, 4.69) is 15.7 Å². The maximum atomic E-state index is 12.6. The van der Waals surface area contributed by atoms with Gasteiger partial charge in [0.1, 0.15) is 11.9 Å². The van der Waals surface area contributed by atoms with Gasteiger partial charge >= 0.3 is 5.97 Å². The summed E-state index contributed by atoms with van der Waals surface area (Å²) in [6, 6.07) is 15.4. The molecule has 2 aromatic carbocycles. The number of unbranched alkanes of at least 4 members (excludes halogenated alkanes) is 1. The standard InChI is InChI=1S/C24H24N4O4/c1-2-3-13-32-24(31)17-9-11-18(12-10-17)26-21(29)14-20-23(30)27-22-19(15-25-28(20)22)16-7-5-4-6-8-16/h4-12,15,20H,2-3,13-14H2,1H3,(H,26,29)(H,27,30). The first-order valence-electron chi connectivity index (χ1n) is 10.6. The molecule has 2 N–H and O–H groups in total. The second kappa shape index (κ2) is 9.47. The summed E-state index contributed by atoms with van der Waals surface area (Å²) in [6.07, 6.45) is 3.40. The van der Waals surface area contributed by atoms with Crippen LogP contribution in [-0.4, -0.2) is 34.2 Å². The maximum absolute atomic E-state index is 12.6. The maximum Gasteiger partial charge on any atom is 0.338 e. The Morgan fingerprint density at radius 1 is 1.12 bits per heavy atom. The molecule has 0 radical (unpaired) electrons. The predicted octanol–water partition coefficient (Wildman–Crippen LogP) is 4.03. The molecule has 32 heavy (non-hydrogen) atoms. The SMILES string of the molecule is CCCCOC(=O)c1ccc(NC(=O)CC2C(=O)Nc3c(-c4ccccc4)cnn32)cc1. The van der Waals surface area contributed by atoms with Crippen LogP contribution < -0.4 is 10.6 Å². The number of esters is 1. The van der Waals surface area contributed by atoms with Gasteiger partial charge in [-0.3, -0.25) is 9.59 Å². The summed E-state index contributed by atoms with van der Waals surface area (Å²) in [5, 5.41) is 9.93. The van der Waals surface area contributed by atoms with Crippen molar-refractivity contribution in [1.82, 2.24) is 9.78 Å².